The van der Waals surface area contributed by atoms with Gasteiger partial charge in [-0.1, -0.05) is 26.7 Å². The maximum atomic E-state index is 12.3. The first kappa shape index (κ1) is 13.9. The molecule has 0 heterocycles. The topological polar surface area (TPSA) is 55.1 Å². The highest BCUT2D eigenvalue weighted by atomic mass is 16.2. The van der Waals surface area contributed by atoms with Gasteiger partial charge in [-0.2, -0.15) is 0 Å². The van der Waals surface area contributed by atoms with E-state index in [-0.39, 0.29) is 17.9 Å². The largest absolute Gasteiger partial charge is 0.353 e. The van der Waals surface area contributed by atoms with Crippen molar-refractivity contribution >= 4 is 5.91 Å². The van der Waals surface area contributed by atoms with Gasteiger partial charge in [0.2, 0.25) is 5.91 Å². The highest BCUT2D eigenvalue weighted by Gasteiger charge is 2.31. The second-order valence-corrected chi connectivity index (χ2v) is 6.53. The lowest BCUT2D eigenvalue weighted by atomic mass is 9.78. The molecular formula is C15H28N2O. The van der Waals surface area contributed by atoms with Crippen LogP contribution in [0.3, 0.4) is 0 Å². The van der Waals surface area contributed by atoms with Gasteiger partial charge in [0.1, 0.15) is 0 Å². The molecule has 2 aliphatic rings. The third-order valence-electron chi connectivity index (χ3n) is 5.10. The van der Waals surface area contributed by atoms with Gasteiger partial charge in [0, 0.05) is 12.1 Å². The Morgan fingerprint density at radius 2 is 1.78 bits per heavy atom. The summed E-state index contributed by atoms with van der Waals surface area (Å²) in [6.45, 7) is 4.62. The van der Waals surface area contributed by atoms with Crippen LogP contribution in [0.5, 0.6) is 0 Å². The molecule has 0 aromatic carbocycles. The zero-order valence-corrected chi connectivity index (χ0v) is 11.8. The normalized spacial score (nSPS) is 41.4. The number of carbonyl (C=O) groups excluding carboxylic acids is 1. The van der Waals surface area contributed by atoms with Crippen LogP contribution in [0, 0.1) is 17.8 Å². The van der Waals surface area contributed by atoms with Crippen molar-refractivity contribution < 1.29 is 4.79 Å². The lowest BCUT2D eigenvalue weighted by Gasteiger charge is -2.35. The average molecular weight is 252 g/mol. The fourth-order valence-corrected chi connectivity index (χ4v) is 3.47. The predicted molar refractivity (Wildman–Crippen MR) is 74.0 cm³/mol. The summed E-state index contributed by atoms with van der Waals surface area (Å²) in [7, 11) is 0. The second-order valence-electron chi connectivity index (χ2n) is 6.53. The van der Waals surface area contributed by atoms with E-state index in [1.807, 2.05) is 0 Å². The van der Waals surface area contributed by atoms with Crippen molar-refractivity contribution in [1.29, 1.82) is 0 Å². The summed E-state index contributed by atoms with van der Waals surface area (Å²) >= 11 is 0. The van der Waals surface area contributed by atoms with Crippen molar-refractivity contribution in [1.82, 2.24) is 5.32 Å². The molecular weight excluding hydrogens is 224 g/mol. The molecule has 2 aliphatic carbocycles. The third kappa shape index (κ3) is 3.25. The molecule has 0 bridgehead atoms. The van der Waals surface area contributed by atoms with E-state index in [2.05, 4.69) is 19.2 Å². The Balaban J connectivity index is 1.83. The average Bonchev–Trinajstić information content (AvgIpc) is 2.34. The van der Waals surface area contributed by atoms with Crippen molar-refractivity contribution in [2.45, 2.75) is 70.9 Å². The van der Waals surface area contributed by atoms with Crippen molar-refractivity contribution in [3.8, 4) is 0 Å². The maximum absolute atomic E-state index is 12.3. The first-order valence-corrected chi connectivity index (χ1v) is 7.64. The molecule has 2 saturated carbocycles. The standard InChI is InChI=1S/C15H28N2O/c1-10-7-8-12(9-11(10)2)17-15(18)13-5-3-4-6-14(13)16/h10-14H,3-9,16H2,1-2H3,(H,17,18). The Kier molecular flexibility index (Phi) is 4.66. The summed E-state index contributed by atoms with van der Waals surface area (Å²) in [5, 5.41) is 3.25. The second kappa shape index (κ2) is 6.05. The highest BCUT2D eigenvalue weighted by molar-refractivity contribution is 5.79. The predicted octanol–water partition coefficient (Wildman–Crippen LogP) is 2.44. The van der Waals surface area contributed by atoms with E-state index < -0.39 is 0 Å². The number of nitrogens with two attached hydrogens (primary N) is 1. The van der Waals surface area contributed by atoms with Gasteiger partial charge in [-0.05, 0) is 43.9 Å². The maximum Gasteiger partial charge on any atom is 0.224 e. The molecule has 0 aromatic heterocycles. The molecule has 5 unspecified atom stereocenters. The molecule has 0 aromatic rings. The van der Waals surface area contributed by atoms with E-state index >= 15 is 0 Å². The van der Waals surface area contributed by atoms with Crippen molar-refractivity contribution in [3.05, 3.63) is 0 Å². The zero-order valence-electron chi connectivity index (χ0n) is 11.8. The van der Waals surface area contributed by atoms with Gasteiger partial charge in [0.15, 0.2) is 0 Å². The van der Waals surface area contributed by atoms with E-state index in [1.54, 1.807) is 0 Å². The molecule has 0 saturated heterocycles. The monoisotopic (exact) mass is 252 g/mol. The lowest BCUT2D eigenvalue weighted by Crippen LogP contribution is -2.48. The summed E-state index contributed by atoms with van der Waals surface area (Å²) in [5.74, 6) is 1.81. The molecule has 0 aliphatic heterocycles. The van der Waals surface area contributed by atoms with E-state index in [9.17, 15) is 4.79 Å². The van der Waals surface area contributed by atoms with Gasteiger partial charge >= 0.3 is 0 Å². The Morgan fingerprint density at radius 3 is 2.44 bits per heavy atom. The fraction of sp³-hybridized carbons (Fsp3) is 0.933. The van der Waals surface area contributed by atoms with E-state index in [0.29, 0.717) is 6.04 Å². The molecule has 5 atom stereocenters. The van der Waals surface area contributed by atoms with Crippen LogP contribution in [0.4, 0.5) is 0 Å². The van der Waals surface area contributed by atoms with Crippen LogP contribution in [0.1, 0.15) is 58.8 Å². The summed E-state index contributed by atoms with van der Waals surface area (Å²) in [4.78, 5) is 12.3. The van der Waals surface area contributed by atoms with E-state index in [0.717, 1.165) is 43.9 Å². The minimum absolute atomic E-state index is 0.0633. The van der Waals surface area contributed by atoms with Crippen LogP contribution in [-0.2, 0) is 4.79 Å². The molecule has 2 rings (SSSR count). The molecule has 0 spiro atoms. The first-order valence-electron chi connectivity index (χ1n) is 7.64. The summed E-state index contributed by atoms with van der Waals surface area (Å²) in [6.07, 6.45) is 7.84. The Labute approximate surface area is 111 Å². The van der Waals surface area contributed by atoms with Gasteiger partial charge in [-0.3, -0.25) is 4.79 Å². The molecule has 2 fully saturated rings. The van der Waals surface area contributed by atoms with E-state index in [1.165, 1.54) is 12.8 Å². The molecule has 18 heavy (non-hydrogen) atoms. The van der Waals surface area contributed by atoms with Crippen molar-refractivity contribution in [2.75, 3.05) is 0 Å². The number of hydrogen-bond donors (Lipinski definition) is 2. The minimum Gasteiger partial charge on any atom is -0.353 e. The van der Waals surface area contributed by atoms with Gasteiger partial charge in [0.05, 0.1) is 5.92 Å². The summed E-state index contributed by atoms with van der Waals surface area (Å²) < 4.78 is 0. The molecule has 3 N–H and O–H groups in total. The fourth-order valence-electron chi connectivity index (χ4n) is 3.47. The van der Waals surface area contributed by atoms with Crippen LogP contribution in [0.2, 0.25) is 0 Å². The number of rotatable bonds is 2. The van der Waals surface area contributed by atoms with Crippen LogP contribution >= 0.6 is 0 Å². The van der Waals surface area contributed by atoms with Crippen LogP contribution < -0.4 is 11.1 Å². The molecule has 104 valence electrons. The number of carbonyl (C=O) groups is 1. The first-order chi connectivity index (χ1) is 8.58. The summed E-state index contributed by atoms with van der Waals surface area (Å²) in [5.41, 5.74) is 6.07. The Bertz CT molecular complexity index is 292. The highest BCUT2D eigenvalue weighted by Crippen LogP contribution is 2.30. The van der Waals surface area contributed by atoms with Gasteiger partial charge in [0.25, 0.3) is 0 Å². The van der Waals surface area contributed by atoms with Gasteiger partial charge in [-0.15, -0.1) is 0 Å². The molecule has 3 heteroatoms. The van der Waals surface area contributed by atoms with E-state index in [4.69, 9.17) is 5.73 Å². The number of hydrogen-bond acceptors (Lipinski definition) is 2. The number of amides is 1. The smallest absolute Gasteiger partial charge is 0.224 e. The lowest BCUT2D eigenvalue weighted by molar-refractivity contribution is -0.127. The summed E-state index contributed by atoms with van der Waals surface area (Å²) in [6, 6.07) is 0.469. The van der Waals surface area contributed by atoms with Crippen LogP contribution in [-0.4, -0.2) is 18.0 Å². The quantitative estimate of drug-likeness (QED) is 0.793. The Hall–Kier alpha value is -0.570. The molecule has 3 nitrogen and oxygen atoms in total. The van der Waals surface area contributed by atoms with Crippen LogP contribution in [0.15, 0.2) is 0 Å². The van der Waals surface area contributed by atoms with Crippen molar-refractivity contribution in [3.63, 3.8) is 0 Å². The number of nitrogens with one attached hydrogen (secondary N) is 1. The SMILES string of the molecule is CC1CCC(NC(=O)C2CCCCC2N)CC1C. The van der Waals surface area contributed by atoms with Crippen molar-refractivity contribution in [2.24, 2.45) is 23.5 Å². The third-order valence-corrected chi connectivity index (χ3v) is 5.10. The minimum atomic E-state index is 0.0633. The zero-order chi connectivity index (χ0) is 13.1. The molecule has 0 radical (unpaired) electrons. The van der Waals surface area contributed by atoms with Crippen LogP contribution in [0.25, 0.3) is 0 Å². The molecule has 1 amide bonds. The van der Waals surface area contributed by atoms with Gasteiger partial charge in [-0.25, -0.2) is 0 Å². The Morgan fingerprint density at radius 1 is 1.06 bits per heavy atom. The van der Waals surface area contributed by atoms with Gasteiger partial charge < -0.3 is 11.1 Å².